The van der Waals surface area contributed by atoms with Gasteiger partial charge in [-0.05, 0) is 60.2 Å². The Morgan fingerprint density at radius 3 is 2.18 bits per heavy atom. The number of hydrogen-bond acceptors (Lipinski definition) is 4. The number of ether oxygens (including phenoxy) is 1. The van der Waals surface area contributed by atoms with Gasteiger partial charge in [0.05, 0.1) is 16.8 Å². The molecule has 0 radical (unpaired) electrons. The number of aromatic nitrogens is 2. The van der Waals surface area contributed by atoms with Crippen LogP contribution in [-0.4, -0.2) is 21.7 Å². The Morgan fingerprint density at radius 1 is 0.821 bits per heavy atom. The van der Waals surface area contributed by atoms with E-state index in [0.717, 1.165) is 0 Å². The molecule has 0 aliphatic carbocycles. The summed E-state index contributed by atoms with van der Waals surface area (Å²) in [4.78, 5) is 24.6. The SMILES string of the molecule is CC(=O)Oc1c(-c2ccc(NC(=O)c3ccccc3F)cc2)c(-c2ccccc2F)nn1-c1cccc(F)c1. The highest BCUT2D eigenvalue weighted by molar-refractivity contribution is 6.04. The number of esters is 1. The number of nitrogens with zero attached hydrogens (tertiary/aromatic N) is 2. The summed E-state index contributed by atoms with van der Waals surface area (Å²) in [5, 5.41) is 7.15. The number of halogens is 3. The van der Waals surface area contributed by atoms with E-state index in [1.54, 1.807) is 42.5 Å². The molecule has 9 heteroatoms. The van der Waals surface area contributed by atoms with Crippen molar-refractivity contribution in [3.05, 3.63) is 120 Å². The normalized spacial score (nSPS) is 10.8. The molecule has 0 aliphatic rings. The van der Waals surface area contributed by atoms with Crippen molar-refractivity contribution >= 4 is 17.6 Å². The third-order valence-corrected chi connectivity index (χ3v) is 5.82. The van der Waals surface area contributed by atoms with Gasteiger partial charge >= 0.3 is 5.97 Å². The van der Waals surface area contributed by atoms with E-state index < -0.39 is 29.3 Å². The monoisotopic (exact) mass is 527 g/mol. The first kappa shape index (κ1) is 25.5. The van der Waals surface area contributed by atoms with Gasteiger partial charge in [-0.15, -0.1) is 0 Å². The van der Waals surface area contributed by atoms with Gasteiger partial charge in [0.25, 0.3) is 5.91 Å². The lowest BCUT2D eigenvalue weighted by molar-refractivity contribution is -0.132. The third-order valence-electron chi connectivity index (χ3n) is 5.82. The first-order valence-corrected chi connectivity index (χ1v) is 11.8. The number of nitrogens with one attached hydrogen (secondary N) is 1. The minimum atomic E-state index is -0.664. The Bertz CT molecular complexity index is 1700. The lowest BCUT2D eigenvalue weighted by atomic mass is 10.0. The van der Waals surface area contributed by atoms with Crippen LogP contribution in [0.15, 0.2) is 97.1 Å². The smallest absolute Gasteiger partial charge is 0.309 e. The van der Waals surface area contributed by atoms with Gasteiger partial charge in [-0.2, -0.15) is 9.78 Å². The molecule has 5 rings (SSSR count). The fourth-order valence-electron chi connectivity index (χ4n) is 4.08. The number of benzene rings is 4. The molecule has 39 heavy (non-hydrogen) atoms. The van der Waals surface area contributed by atoms with Gasteiger partial charge in [0, 0.05) is 18.2 Å². The predicted molar refractivity (Wildman–Crippen MR) is 140 cm³/mol. The number of rotatable bonds is 6. The molecule has 0 saturated carbocycles. The molecule has 5 aromatic rings. The summed E-state index contributed by atoms with van der Waals surface area (Å²) in [5.41, 5.74) is 1.53. The zero-order valence-corrected chi connectivity index (χ0v) is 20.5. The molecule has 6 nitrogen and oxygen atoms in total. The molecule has 1 N–H and O–H groups in total. The summed E-state index contributed by atoms with van der Waals surface area (Å²) in [5.74, 6) is -3.10. The summed E-state index contributed by atoms with van der Waals surface area (Å²) in [7, 11) is 0. The van der Waals surface area contributed by atoms with Gasteiger partial charge in [-0.3, -0.25) is 9.59 Å². The molecule has 1 amide bonds. The highest BCUT2D eigenvalue weighted by atomic mass is 19.1. The van der Waals surface area contributed by atoms with Crippen LogP contribution in [0, 0.1) is 17.5 Å². The molecule has 0 bridgehead atoms. The summed E-state index contributed by atoms with van der Waals surface area (Å²) in [6, 6.07) is 23.4. The molecule has 0 saturated heterocycles. The minimum absolute atomic E-state index is 0.0468. The van der Waals surface area contributed by atoms with Gasteiger partial charge in [-0.1, -0.05) is 42.5 Å². The zero-order valence-electron chi connectivity index (χ0n) is 20.5. The fraction of sp³-hybridized carbons (Fsp3) is 0.0333. The van der Waals surface area contributed by atoms with Crippen LogP contribution in [0.5, 0.6) is 5.88 Å². The van der Waals surface area contributed by atoms with E-state index in [-0.39, 0.29) is 34.0 Å². The van der Waals surface area contributed by atoms with Crippen LogP contribution in [0.1, 0.15) is 17.3 Å². The molecule has 1 heterocycles. The Hall–Kier alpha value is -5.18. The van der Waals surface area contributed by atoms with Crippen molar-refractivity contribution in [2.45, 2.75) is 6.92 Å². The van der Waals surface area contributed by atoms with E-state index in [1.807, 2.05) is 0 Å². The standard InChI is InChI=1S/C30H20F3N3O3/c1-18(37)39-30-27(19-13-15-21(16-14-19)34-29(38)24-10-3-5-12-26(24)33)28(23-9-2-4-11-25(23)32)35-36(30)22-8-6-7-20(31)17-22/h2-17H,1H3,(H,34,38). The van der Waals surface area contributed by atoms with Crippen LogP contribution < -0.4 is 10.1 Å². The second-order valence-corrected chi connectivity index (χ2v) is 8.51. The van der Waals surface area contributed by atoms with Crippen LogP contribution in [0.4, 0.5) is 18.9 Å². The van der Waals surface area contributed by atoms with E-state index in [9.17, 15) is 22.8 Å². The van der Waals surface area contributed by atoms with E-state index in [2.05, 4.69) is 10.4 Å². The molecule has 194 valence electrons. The Kier molecular flexibility index (Phi) is 6.96. The minimum Gasteiger partial charge on any atom is -0.407 e. The molecule has 0 atom stereocenters. The number of anilines is 1. The molecule has 1 aromatic heterocycles. The molecule has 0 aliphatic heterocycles. The second-order valence-electron chi connectivity index (χ2n) is 8.51. The lowest BCUT2D eigenvalue weighted by Crippen LogP contribution is -2.13. The largest absolute Gasteiger partial charge is 0.407 e. The Balaban J connectivity index is 1.63. The van der Waals surface area contributed by atoms with Crippen LogP contribution in [0.2, 0.25) is 0 Å². The molecule has 0 fully saturated rings. The lowest BCUT2D eigenvalue weighted by Gasteiger charge is -2.11. The molecule has 0 spiro atoms. The van der Waals surface area contributed by atoms with E-state index >= 15 is 0 Å². The van der Waals surface area contributed by atoms with Crippen molar-refractivity contribution in [2.24, 2.45) is 0 Å². The molecule has 0 unspecified atom stereocenters. The fourth-order valence-corrected chi connectivity index (χ4v) is 4.08. The number of hydrogen-bond donors (Lipinski definition) is 1. The first-order chi connectivity index (χ1) is 18.8. The average molecular weight is 528 g/mol. The van der Waals surface area contributed by atoms with Crippen LogP contribution in [0.25, 0.3) is 28.1 Å². The zero-order chi connectivity index (χ0) is 27.5. The van der Waals surface area contributed by atoms with E-state index in [1.165, 1.54) is 66.2 Å². The maximum Gasteiger partial charge on any atom is 0.309 e. The summed E-state index contributed by atoms with van der Waals surface area (Å²) >= 11 is 0. The topological polar surface area (TPSA) is 73.2 Å². The number of carbonyl (C=O) groups is 2. The summed E-state index contributed by atoms with van der Waals surface area (Å²) < 4.78 is 49.8. The van der Waals surface area contributed by atoms with Crippen LogP contribution >= 0.6 is 0 Å². The highest BCUT2D eigenvalue weighted by Gasteiger charge is 2.26. The van der Waals surface area contributed by atoms with Crippen molar-refractivity contribution < 1.29 is 27.5 Å². The van der Waals surface area contributed by atoms with E-state index in [0.29, 0.717) is 11.3 Å². The Morgan fingerprint density at radius 2 is 1.51 bits per heavy atom. The average Bonchev–Trinajstić information content (AvgIpc) is 3.27. The molecular formula is C30H20F3N3O3. The van der Waals surface area contributed by atoms with Gasteiger partial charge in [0.2, 0.25) is 5.88 Å². The van der Waals surface area contributed by atoms with Gasteiger partial charge < -0.3 is 10.1 Å². The van der Waals surface area contributed by atoms with Crippen molar-refractivity contribution in [3.63, 3.8) is 0 Å². The molecule has 4 aromatic carbocycles. The van der Waals surface area contributed by atoms with Gasteiger partial charge in [0.15, 0.2) is 0 Å². The number of carbonyl (C=O) groups excluding carboxylic acids is 2. The summed E-state index contributed by atoms with van der Waals surface area (Å²) in [6.07, 6.45) is 0. The van der Waals surface area contributed by atoms with Crippen LogP contribution in [0.3, 0.4) is 0 Å². The Labute approximate surface area is 221 Å². The maximum absolute atomic E-state index is 14.9. The molecular weight excluding hydrogens is 507 g/mol. The van der Waals surface area contributed by atoms with E-state index in [4.69, 9.17) is 4.74 Å². The maximum atomic E-state index is 14.9. The third kappa shape index (κ3) is 5.28. The number of amides is 1. The van der Waals surface area contributed by atoms with Gasteiger partial charge in [0.1, 0.15) is 23.1 Å². The van der Waals surface area contributed by atoms with Crippen molar-refractivity contribution in [1.29, 1.82) is 0 Å². The van der Waals surface area contributed by atoms with Gasteiger partial charge in [-0.25, -0.2) is 13.2 Å². The second kappa shape index (κ2) is 10.7. The first-order valence-electron chi connectivity index (χ1n) is 11.8. The van der Waals surface area contributed by atoms with Crippen LogP contribution in [-0.2, 0) is 4.79 Å². The van der Waals surface area contributed by atoms with Crippen molar-refractivity contribution in [1.82, 2.24) is 9.78 Å². The van der Waals surface area contributed by atoms with Crippen molar-refractivity contribution in [2.75, 3.05) is 5.32 Å². The quantitative estimate of drug-likeness (QED) is 0.247. The predicted octanol–water partition coefficient (Wildman–Crippen LogP) is 6.80. The highest BCUT2D eigenvalue weighted by Crippen LogP contribution is 2.42. The van der Waals surface area contributed by atoms with Crippen molar-refractivity contribution in [3.8, 4) is 34.0 Å². The summed E-state index contributed by atoms with van der Waals surface area (Å²) in [6.45, 7) is 1.21.